The summed E-state index contributed by atoms with van der Waals surface area (Å²) >= 11 is 0. The van der Waals surface area contributed by atoms with Crippen LogP contribution in [0, 0.1) is 13.8 Å². The van der Waals surface area contributed by atoms with Gasteiger partial charge in [0.1, 0.15) is 5.76 Å². The van der Waals surface area contributed by atoms with E-state index in [9.17, 15) is 4.79 Å². The Bertz CT molecular complexity index is 747. The third kappa shape index (κ3) is 3.54. The molecule has 1 saturated heterocycles. The van der Waals surface area contributed by atoms with E-state index in [1.54, 1.807) is 0 Å². The Balaban J connectivity index is 1.48. The van der Waals surface area contributed by atoms with Crippen molar-refractivity contribution in [2.75, 3.05) is 19.6 Å². The normalized spacial score (nSPS) is 21.2. The van der Waals surface area contributed by atoms with Crippen LogP contribution in [0.4, 0.5) is 0 Å². The number of carbonyl (C=O) groups is 1. The highest BCUT2D eigenvalue weighted by Crippen LogP contribution is 2.34. The van der Waals surface area contributed by atoms with Crippen LogP contribution in [-0.2, 0) is 11.2 Å². The molecule has 1 aromatic carbocycles. The van der Waals surface area contributed by atoms with Gasteiger partial charge in [-0.1, -0.05) is 35.5 Å². The number of rotatable bonds is 5. The van der Waals surface area contributed by atoms with E-state index in [0.717, 1.165) is 42.7 Å². The van der Waals surface area contributed by atoms with Gasteiger partial charge in [-0.15, -0.1) is 0 Å². The summed E-state index contributed by atoms with van der Waals surface area (Å²) in [6.07, 6.45) is 3.82. The van der Waals surface area contributed by atoms with Gasteiger partial charge in [-0.3, -0.25) is 9.69 Å². The van der Waals surface area contributed by atoms with Crippen molar-refractivity contribution in [3.8, 4) is 0 Å². The van der Waals surface area contributed by atoms with Crippen molar-refractivity contribution < 1.29 is 9.32 Å². The molecule has 0 bridgehead atoms. The third-order valence-corrected chi connectivity index (χ3v) is 5.75. The van der Waals surface area contributed by atoms with Crippen LogP contribution >= 0.6 is 0 Å². The molecule has 0 N–H and O–H groups in total. The fourth-order valence-corrected chi connectivity index (χ4v) is 4.07. The van der Waals surface area contributed by atoms with Gasteiger partial charge in [0, 0.05) is 37.7 Å². The van der Waals surface area contributed by atoms with Crippen molar-refractivity contribution in [2.45, 2.75) is 51.6 Å². The molecule has 5 heteroatoms. The van der Waals surface area contributed by atoms with E-state index in [0.29, 0.717) is 12.8 Å². The number of carbonyl (C=O) groups excluding carboxylic acids is 1. The zero-order valence-electron chi connectivity index (χ0n) is 15.6. The molecule has 1 saturated carbocycles. The first-order valence-corrected chi connectivity index (χ1v) is 9.63. The molecule has 2 fully saturated rings. The zero-order chi connectivity index (χ0) is 18.1. The lowest BCUT2D eigenvalue weighted by Gasteiger charge is -2.42. The van der Waals surface area contributed by atoms with Crippen LogP contribution in [0.2, 0.25) is 0 Å². The fraction of sp³-hybridized carbons (Fsp3) is 0.524. The van der Waals surface area contributed by atoms with Crippen molar-refractivity contribution in [2.24, 2.45) is 0 Å². The Labute approximate surface area is 155 Å². The molecule has 1 amide bonds. The Morgan fingerprint density at radius 3 is 2.62 bits per heavy atom. The van der Waals surface area contributed by atoms with Crippen LogP contribution in [0.25, 0.3) is 0 Å². The minimum atomic E-state index is 0.155. The molecule has 1 unspecified atom stereocenters. The number of hydrogen-bond acceptors (Lipinski definition) is 4. The van der Waals surface area contributed by atoms with Crippen LogP contribution in [0.3, 0.4) is 0 Å². The minimum absolute atomic E-state index is 0.155. The molecule has 1 aliphatic carbocycles. The van der Waals surface area contributed by atoms with Crippen molar-refractivity contribution in [3.63, 3.8) is 0 Å². The van der Waals surface area contributed by atoms with Gasteiger partial charge < -0.3 is 9.42 Å². The second kappa shape index (κ2) is 7.23. The fourth-order valence-electron chi connectivity index (χ4n) is 4.07. The number of aromatic nitrogens is 1. The van der Waals surface area contributed by atoms with E-state index in [4.69, 9.17) is 4.52 Å². The summed E-state index contributed by atoms with van der Waals surface area (Å²) in [5.74, 6) is 1.06. The van der Waals surface area contributed by atoms with Crippen molar-refractivity contribution in [3.05, 3.63) is 52.9 Å². The maximum Gasteiger partial charge on any atom is 0.223 e. The second-order valence-corrected chi connectivity index (χ2v) is 7.54. The average molecular weight is 353 g/mol. The molecule has 26 heavy (non-hydrogen) atoms. The molecular formula is C21H27N3O2. The highest BCUT2D eigenvalue weighted by molar-refractivity contribution is 5.77. The Kier molecular flexibility index (Phi) is 4.81. The lowest BCUT2D eigenvalue weighted by molar-refractivity contribution is -0.136. The molecule has 2 heterocycles. The van der Waals surface area contributed by atoms with E-state index in [1.807, 2.05) is 19.9 Å². The molecular weight excluding hydrogens is 326 g/mol. The summed E-state index contributed by atoms with van der Waals surface area (Å²) < 4.78 is 5.23. The molecule has 0 spiro atoms. The van der Waals surface area contributed by atoms with Crippen LogP contribution in [-0.4, -0.2) is 46.5 Å². The first kappa shape index (κ1) is 17.3. The van der Waals surface area contributed by atoms with E-state index in [-0.39, 0.29) is 11.9 Å². The number of hydrogen-bond donors (Lipinski definition) is 0. The lowest BCUT2D eigenvalue weighted by Crippen LogP contribution is -2.51. The van der Waals surface area contributed by atoms with Crippen LogP contribution in [0.1, 0.15) is 47.9 Å². The van der Waals surface area contributed by atoms with Gasteiger partial charge in [0.05, 0.1) is 11.7 Å². The monoisotopic (exact) mass is 353 g/mol. The molecule has 138 valence electrons. The van der Waals surface area contributed by atoms with E-state index < -0.39 is 0 Å². The predicted octanol–water partition coefficient (Wildman–Crippen LogP) is 3.27. The molecule has 1 aliphatic heterocycles. The molecule has 2 aliphatic rings. The molecule has 4 rings (SSSR count). The molecule has 0 radical (unpaired) electrons. The van der Waals surface area contributed by atoms with Gasteiger partial charge >= 0.3 is 0 Å². The Morgan fingerprint density at radius 2 is 1.96 bits per heavy atom. The van der Waals surface area contributed by atoms with Gasteiger partial charge in [0.2, 0.25) is 5.91 Å². The molecule has 1 atom stereocenters. The summed E-state index contributed by atoms with van der Waals surface area (Å²) in [5, 5.41) is 4.00. The van der Waals surface area contributed by atoms with Crippen molar-refractivity contribution >= 4 is 5.91 Å². The molecule has 5 nitrogen and oxygen atoms in total. The number of nitrogens with zero attached hydrogens (tertiary/aromatic N) is 3. The Hall–Kier alpha value is -2.14. The highest BCUT2D eigenvalue weighted by Gasteiger charge is 2.37. The maximum atomic E-state index is 13.0. The third-order valence-electron chi connectivity index (χ3n) is 5.75. The quantitative estimate of drug-likeness (QED) is 0.828. The topological polar surface area (TPSA) is 49.6 Å². The molecule has 2 aromatic rings. The van der Waals surface area contributed by atoms with E-state index in [1.165, 1.54) is 18.4 Å². The first-order chi connectivity index (χ1) is 12.6. The van der Waals surface area contributed by atoms with Crippen LogP contribution in [0.5, 0.6) is 0 Å². The molecule has 1 aromatic heterocycles. The summed E-state index contributed by atoms with van der Waals surface area (Å²) in [6, 6.07) is 11.4. The van der Waals surface area contributed by atoms with Crippen molar-refractivity contribution in [1.29, 1.82) is 0 Å². The summed E-state index contributed by atoms with van der Waals surface area (Å²) in [5.41, 5.74) is 3.21. The lowest BCUT2D eigenvalue weighted by atomic mass is 10.0. The number of piperazine rings is 1. The van der Waals surface area contributed by atoms with Crippen LogP contribution in [0.15, 0.2) is 34.9 Å². The maximum absolute atomic E-state index is 13.0. The zero-order valence-corrected chi connectivity index (χ0v) is 15.6. The second-order valence-electron chi connectivity index (χ2n) is 7.54. The van der Waals surface area contributed by atoms with Gasteiger partial charge in [-0.25, -0.2) is 0 Å². The smallest absolute Gasteiger partial charge is 0.223 e. The van der Waals surface area contributed by atoms with Gasteiger partial charge in [-0.2, -0.15) is 0 Å². The van der Waals surface area contributed by atoms with E-state index >= 15 is 0 Å². The largest absolute Gasteiger partial charge is 0.361 e. The van der Waals surface area contributed by atoms with Crippen LogP contribution < -0.4 is 0 Å². The number of amides is 1. The average Bonchev–Trinajstić information content (AvgIpc) is 3.47. The standard InChI is InChI=1S/C21H27N3O2/c1-15-19(16(2)26-22-15)10-11-21(25)24-13-12-23(18-8-9-18)14-20(24)17-6-4-3-5-7-17/h3-7,18,20H,8-14H2,1-2H3. The number of benzene rings is 1. The SMILES string of the molecule is Cc1noc(C)c1CCC(=O)N1CCN(C2CC2)CC1c1ccccc1. The summed E-state index contributed by atoms with van der Waals surface area (Å²) in [7, 11) is 0. The highest BCUT2D eigenvalue weighted by atomic mass is 16.5. The van der Waals surface area contributed by atoms with Gasteiger partial charge in [-0.05, 0) is 38.7 Å². The summed E-state index contributed by atoms with van der Waals surface area (Å²) in [6.45, 7) is 6.62. The minimum Gasteiger partial charge on any atom is -0.361 e. The van der Waals surface area contributed by atoms with Gasteiger partial charge in [0.25, 0.3) is 0 Å². The van der Waals surface area contributed by atoms with Gasteiger partial charge in [0.15, 0.2) is 0 Å². The Morgan fingerprint density at radius 1 is 1.19 bits per heavy atom. The number of aryl methyl sites for hydroxylation is 2. The van der Waals surface area contributed by atoms with E-state index in [2.05, 4.69) is 39.2 Å². The first-order valence-electron chi connectivity index (χ1n) is 9.63. The predicted molar refractivity (Wildman–Crippen MR) is 99.8 cm³/mol. The summed E-state index contributed by atoms with van der Waals surface area (Å²) in [4.78, 5) is 17.7. The van der Waals surface area contributed by atoms with Crippen molar-refractivity contribution in [1.82, 2.24) is 15.0 Å².